The standard InChI is InChI=1S/C24H36O4/c1-5-16-19(28-13-21(25)26)11-18-15-10-20(27-4)24-12-14(24)6-9-23(24,3)17(15)7-8-22(16,18)2/h5,14-15,17-20H,6-13H2,1-4H3,(H,25,26)/b16-5-/t14-,15-,17+,18+,19-,20-,22-,23-,24+/m1/s1. The molecule has 5 aliphatic carbocycles. The fourth-order valence-electron chi connectivity index (χ4n) is 9.26. The summed E-state index contributed by atoms with van der Waals surface area (Å²) < 4.78 is 12.1. The van der Waals surface area contributed by atoms with Crippen molar-refractivity contribution in [1.82, 2.24) is 0 Å². The molecule has 0 bridgehead atoms. The van der Waals surface area contributed by atoms with E-state index in [9.17, 15) is 4.79 Å². The first kappa shape index (κ1) is 19.1. The van der Waals surface area contributed by atoms with Gasteiger partial charge in [-0.3, -0.25) is 0 Å². The number of methoxy groups -OCH3 is 1. The minimum absolute atomic E-state index is 0.0308. The number of ether oxygens (including phenoxy) is 2. The van der Waals surface area contributed by atoms with E-state index in [1.165, 1.54) is 44.1 Å². The third kappa shape index (κ3) is 2.17. The Morgan fingerprint density at radius 1 is 1.21 bits per heavy atom. The molecule has 1 N–H and O–H groups in total. The second-order valence-corrected chi connectivity index (χ2v) is 10.9. The number of rotatable bonds is 4. The molecule has 0 unspecified atom stereocenters. The van der Waals surface area contributed by atoms with Crippen LogP contribution in [0.2, 0.25) is 0 Å². The van der Waals surface area contributed by atoms with Gasteiger partial charge in [0, 0.05) is 12.5 Å². The summed E-state index contributed by atoms with van der Waals surface area (Å²) in [4.78, 5) is 11.1. The summed E-state index contributed by atoms with van der Waals surface area (Å²) in [5.74, 6) is 2.08. The molecular formula is C24H36O4. The van der Waals surface area contributed by atoms with Crippen LogP contribution >= 0.6 is 0 Å². The number of hydrogen-bond donors (Lipinski definition) is 1. The van der Waals surface area contributed by atoms with Crippen LogP contribution in [0.3, 0.4) is 0 Å². The lowest BCUT2D eigenvalue weighted by Gasteiger charge is -2.60. The summed E-state index contributed by atoms with van der Waals surface area (Å²) in [6.45, 7) is 6.93. The summed E-state index contributed by atoms with van der Waals surface area (Å²) in [6.07, 6.45) is 11.4. The normalized spacial score (nSPS) is 55.4. The van der Waals surface area contributed by atoms with Gasteiger partial charge in [0.15, 0.2) is 0 Å². The van der Waals surface area contributed by atoms with Gasteiger partial charge in [-0.15, -0.1) is 0 Å². The van der Waals surface area contributed by atoms with Crippen molar-refractivity contribution in [3.05, 3.63) is 11.6 Å². The summed E-state index contributed by atoms with van der Waals surface area (Å²) in [6, 6.07) is 0. The molecule has 0 saturated heterocycles. The van der Waals surface area contributed by atoms with Crippen LogP contribution < -0.4 is 0 Å². The van der Waals surface area contributed by atoms with E-state index in [0.29, 0.717) is 28.8 Å². The lowest BCUT2D eigenvalue weighted by atomic mass is 9.46. The number of carbonyl (C=O) groups is 1. The average Bonchev–Trinajstić information content (AvgIpc) is 3.21. The first-order chi connectivity index (χ1) is 13.3. The van der Waals surface area contributed by atoms with Gasteiger partial charge < -0.3 is 14.6 Å². The predicted molar refractivity (Wildman–Crippen MR) is 107 cm³/mol. The molecule has 5 aliphatic rings. The van der Waals surface area contributed by atoms with Gasteiger partial charge in [0.2, 0.25) is 0 Å². The number of aliphatic carboxylic acids is 1. The van der Waals surface area contributed by atoms with Gasteiger partial charge in [-0.1, -0.05) is 19.9 Å². The SMILES string of the molecule is C/C=C1/[C@H](OCC(=O)O)C[C@H]2[C@@H]3C[C@@H](OC)[C@]45C[C@H]4CC[C@]5(C)[C@H]3CC[C@]12C. The zero-order valence-corrected chi connectivity index (χ0v) is 17.9. The second-order valence-electron chi connectivity index (χ2n) is 10.9. The van der Waals surface area contributed by atoms with Gasteiger partial charge in [-0.25, -0.2) is 4.79 Å². The zero-order valence-electron chi connectivity index (χ0n) is 17.9. The molecule has 5 fully saturated rings. The van der Waals surface area contributed by atoms with Gasteiger partial charge in [-0.05, 0) is 91.9 Å². The van der Waals surface area contributed by atoms with Crippen LogP contribution in [-0.4, -0.2) is 37.0 Å². The predicted octanol–water partition coefficient (Wildman–Crippen LogP) is 4.68. The molecule has 156 valence electrons. The van der Waals surface area contributed by atoms with Gasteiger partial charge in [0.25, 0.3) is 0 Å². The van der Waals surface area contributed by atoms with Crippen LogP contribution in [0.1, 0.15) is 65.7 Å². The molecule has 4 heteroatoms. The summed E-state index contributed by atoms with van der Waals surface area (Å²) in [5.41, 5.74) is 2.39. The highest BCUT2D eigenvalue weighted by Gasteiger charge is 2.77. The monoisotopic (exact) mass is 388 g/mol. The fourth-order valence-corrected chi connectivity index (χ4v) is 9.26. The highest BCUT2D eigenvalue weighted by Crippen LogP contribution is 2.82. The first-order valence-corrected chi connectivity index (χ1v) is 11.3. The van der Waals surface area contributed by atoms with Crippen LogP contribution in [0.25, 0.3) is 0 Å². The van der Waals surface area contributed by atoms with E-state index in [4.69, 9.17) is 14.6 Å². The molecule has 5 saturated carbocycles. The Kier molecular flexibility index (Phi) is 4.15. The number of carboxylic acid groups (broad SMARTS) is 1. The van der Waals surface area contributed by atoms with Crippen LogP contribution in [-0.2, 0) is 14.3 Å². The topological polar surface area (TPSA) is 55.8 Å². The van der Waals surface area contributed by atoms with Crippen molar-refractivity contribution >= 4 is 5.97 Å². The Balaban J connectivity index is 1.48. The number of fused-ring (bicyclic) bond motifs is 4. The van der Waals surface area contributed by atoms with E-state index in [-0.39, 0.29) is 18.1 Å². The highest BCUT2D eigenvalue weighted by atomic mass is 16.5. The molecule has 0 aliphatic heterocycles. The van der Waals surface area contributed by atoms with E-state index in [0.717, 1.165) is 18.3 Å². The molecule has 0 aromatic carbocycles. The molecule has 5 rings (SSSR count). The van der Waals surface area contributed by atoms with E-state index < -0.39 is 5.97 Å². The van der Waals surface area contributed by atoms with Crippen LogP contribution in [0.15, 0.2) is 11.6 Å². The maximum Gasteiger partial charge on any atom is 0.329 e. The van der Waals surface area contributed by atoms with E-state index in [2.05, 4.69) is 26.8 Å². The Bertz CT molecular complexity index is 715. The van der Waals surface area contributed by atoms with E-state index in [1.54, 1.807) is 0 Å². The molecular weight excluding hydrogens is 352 g/mol. The molecule has 4 nitrogen and oxygen atoms in total. The summed E-state index contributed by atoms with van der Waals surface area (Å²) in [7, 11) is 1.93. The van der Waals surface area contributed by atoms with Crippen molar-refractivity contribution < 1.29 is 19.4 Å². The number of hydrogen-bond acceptors (Lipinski definition) is 3. The van der Waals surface area contributed by atoms with E-state index in [1.807, 2.05) is 7.11 Å². The minimum atomic E-state index is -0.870. The van der Waals surface area contributed by atoms with Crippen molar-refractivity contribution in [1.29, 1.82) is 0 Å². The summed E-state index contributed by atoms with van der Waals surface area (Å²) in [5, 5.41) is 9.12. The number of carboxylic acids is 1. The maximum absolute atomic E-state index is 11.1. The maximum atomic E-state index is 11.1. The zero-order chi connectivity index (χ0) is 19.9. The Labute approximate surface area is 169 Å². The van der Waals surface area contributed by atoms with E-state index >= 15 is 0 Å². The summed E-state index contributed by atoms with van der Waals surface area (Å²) >= 11 is 0. The quantitative estimate of drug-likeness (QED) is 0.711. The molecule has 1 spiro atoms. The Hall–Kier alpha value is -0.870. The molecule has 0 aromatic rings. The fraction of sp³-hybridized carbons (Fsp3) is 0.875. The molecule has 0 heterocycles. The highest BCUT2D eigenvalue weighted by molar-refractivity contribution is 5.68. The Morgan fingerprint density at radius 3 is 2.64 bits per heavy atom. The molecule has 0 radical (unpaired) electrons. The van der Waals surface area contributed by atoms with Gasteiger partial charge in [-0.2, -0.15) is 0 Å². The van der Waals surface area contributed by atoms with Crippen LogP contribution in [0, 0.1) is 39.9 Å². The molecule has 28 heavy (non-hydrogen) atoms. The van der Waals surface area contributed by atoms with Crippen molar-refractivity contribution in [2.24, 2.45) is 39.9 Å². The van der Waals surface area contributed by atoms with Gasteiger partial charge in [0.1, 0.15) is 6.61 Å². The average molecular weight is 389 g/mol. The van der Waals surface area contributed by atoms with Crippen LogP contribution in [0.5, 0.6) is 0 Å². The van der Waals surface area contributed by atoms with Crippen molar-refractivity contribution in [3.8, 4) is 0 Å². The first-order valence-electron chi connectivity index (χ1n) is 11.3. The van der Waals surface area contributed by atoms with Gasteiger partial charge >= 0.3 is 5.97 Å². The van der Waals surface area contributed by atoms with Gasteiger partial charge in [0.05, 0.1) is 12.2 Å². The third-order valence-electron chi connectivity index (χ3n) is 10.4. The third-order valence-corrected chi connectivity index (χ3v) is 10.4. The molecule has 9 atom stereocenters. The lowest BCUT2D eigenvalue weighted by Crippen LogP contribution is -2.56. The lowest BCUT2D eigenvalue weighted by molar-refractivity contribution is -0.153. The number of allylic oxidation sites excluding steroid dienone is 1. The Morgan fingerprint density at radius 2 is 2.00 bits per heavy atom. The van der Waals surface area contributed by atoms with Crippen molar-refractivity contribution in [2.45, 2.75) is 77.9 Å². The largest absolute Gasteiger partial charge is 0.480 e. The van der Waals surface area contributed by atoms with Crippen molar-refractivity contribution in [2.75, 3.05) is 13.7 Å². The van der Waals surface area contributed by atoms with Crippen molar-refractivity contribution in [3.63, 3.8) is 0 Å². The molecule has 0 amide bonds. The smallest absolute Gasteiger partial charge is 0.329 e. The second kappa shape index (κ2) is 6.07. The minimum Gasteiger partial charge on any atom is -0.480 e. The molecule has 0 aromatic heterocycles. The van der Waals surface area contributed by atoms with Crippen LogP contribution in [0.4, 0.5) is 0 Å².